The van der Waals surface area contributed by atoms with Crippen LogP contribution >= 0.6 is 0 Å². The number of hydrogen-bond donors (Lipinski definition) is 1. The number of likely N-dealkylation sites (tertiary alicyclic amines) is 1. The molecule has 6 nitrogen and oxygen atoms in total. The van der Waals surface area contributed by atoms with Crippen LogP contribution in [0.25, 0.3) is 0 Å². The lowest BCUT2D eigenvalue weighted by Gasteiger charge is -2.33. The van der Waals surface area contributed by atoms with Gasteiger partial charge >= 0.3 is 12.1 Å². The van der Waals surface area contributed by atoms with Crippen LogP contribution in [0.15, 0.2) is 12.1 Å². The Morgan fingerprint density at radius 2 is 1.87 bits per heavy atom. The van der Waals surface area contributed by atoms with E-state index in [0.717, 1.165) is 5.69 Å². The lowest BCUT2D eigenvalue weighted by atomic mass is 9.90. The van der Waals surface area contributed by atoms with E-state index >= 15 is 0 Å². The van der Waals surface area contributed by atoms with Gasteiger partial charge in [0, 0.05) is 24.7 Å². The van der Waals surface area contributed by atoms with Gasteiger partial charge in [-0.15, -0.1) is 0 Å². The Morgan fingerprint density at radius 3 is 2.39 bits per heavy atom. The number of pyridine rings is 1. The third-order valence-electron chi connectivity index (χ3n) is 3.83. The van der Waals surface area contributed by atoms with Crippen LogP contribution in [0.2, 0.25) is 0 Å². The Kier molecular flexibility index (Phi) is 4.92. The standard InChI is InChI=1S/C17H24N2O4/c1-11-5-6-13(15(20)21)14(18-11)12-7-9-19(10-8-12)16(22)23-17(2,3)4/h5-6,12H,7-10H2,1-4H3,(H,20,21). The van der Waals surface area contributed by atoms with Crippen molar-refractivity contribution < 1.29 is 19.4 Å². The van der Waals surface area contributed by atoms with Gasteiger partial charge in [-0.3, -0.25) is 4.98 Å². The molecule has 0 aliphatic carbocycles. The Bertz CT molecular complexity index is 599. The van der Waals surface area contributed by atoms with E-state index in [9.17, 15) is 14.7 Å². The fraction of sp³-hybridized carbons (Fsp3) is 0.588. The van der Waals surface area contributed by atoms with Crippen molar-refractivity contribution in [1.82, 2.24) is 9.88 Å². The van der Waals surface area contributed by atoms with Crippen LogP contribution in [0, 0.1) is 6.92 Å². The second-order valence-corrected chi connectivity index (χ2v) is 6.93. The number of carbonyl (C=O) groups excluding carboxylic acids is 1. The number of piperidine rings is 1. The number of amides is 1. The SMILES string of the molecule is Cc1ccc(C(=O)O)c(C2CCN(C(=O)OC(C)(C)C)CC2)n1. The minimum Gasteiger partial charge on any atom is -0.478 e. The van der Waals surface area contributed by atoms with Crippen LogP contribution in [0.5, 0.6) is 0 Å². The number of carboxylic acids is 1. The molecule has 0 atom stereocenters. The average molecular weight is 320 g/mol. The molecule has 6 heteroatoms. The molecule has 0 saturated carbocycles. The van der Waals surface area contributed by atoms with Gasteiger partial charge in [0.25, 0.3) is 0 Å². The summed E-state index contributed by atoms with van der Waals surface area (Å²) in [5.74, 6) is -0.901. The molecule has 1 amide bonds. The number of aromatic nitrogens is 1. The van der Waals surface area contributed by atoms with Gasteiger partial charge in [-0.25, -0.2) is 9.59 Å². The predicted molar refractivity (Wildman–Crippen MR) is 85.7 cm³/mol. The molecule has 2 heterocycles. The summed E-state index contributed by atoms with van der Waals surface area (Å²) >= 11 is 0. The molecule has 23 heavy (non-hydrogen) atoms. The minimum absolute atomic E-state index is 0.0553. The molecule has 1 aromatic rings. The van der Waals surface area contributed by atoms with E-state index in [1.165, 1.54) is 0 Å². The molecule has 126 valence electrons. The fourth-order valence-electron chi connectivity index (χ4n) is 2.73. The van der Waals surface area contributed by atoms with E-state index in [1.807, 2.05) is 27.7 Å². The third-order valence-corrected chi connectivity index (χ3v) is 3.83. The zero-order valence-corrected chi connectivity index (χ0v) is 14.1. The Balaban J connectivity index is 2.06. The van der Waals surface area contributed by atoms with Gasteiger partial charge in [0.05, 0.1) is 11.3 Å². The van der Waals surface area contributed by atoms with Crippen LogP contribution in [-0.4, -0.2) is 45.7 Å². The normalized spacial score (nSPS) is 16.3. The number of ether oxygens (including phenoxy) is 1. The molecule has 2 rings (SSSR count). The highest BCUT2D eigenvalue weighted by Crippen LogP contribution is 2.30. The number of aromatic carboxylic acids is 1. The summed E-state index contributed by atoms with van der Waals surface area (Å²) in [5, 5.41) is 9.33. The van der Waals surface area contributed by atoms with Gasteiger partial charge in [-0.05, 0) is 52.7 Å². The molecule has 0 spiro atoms. The Hall–Kier alpha value is -2.11. The molecule has 0 aromatic carbocycles. The molecular weight excluding hydrogens is 296 g/mol. The van der Waals surface area contributed by atoms with Gasteiger partial charge in [-0.1, -0.05) is 0 Å². The number of rotatable bonds is 2. The van der Waals surface area contributed by atoms with Crippen molar-refractivity contribution >= 4 is 12.1 Å². The minimum atomic E-state index is -0.956. The third kappa shape index (κ3) is 4.43. The monoisotopic (exact) mass is 320 g/mol. The molecular formula is C17H24N2O4. The molecule has 0 unspecified atom stereocenters. The topological polar surface area (TPSA) is 79.7 Å². The molecule has 1 fully saturated rings. The van der Waals surface area contributed by atoms with Crippen LogP contribution in [-0.2, 0) is 4.74 Å². The van der Waals surface area contributed by atoms with Gasteiger partial charge in [0.2, 0.25) is 0 Å². The number of aryl methyl sites for hydroxylation is 1. The van der Waals surface area contributed by atoms with E-state index in [1.54, 1.807) is 17.0 Å². The average Bonchev–Trinajstić information content (AvgIpc) is 2.45. The van der Waals surface area contributed by atoms with Crippen LogP contribution < -0.4 is 0 Å². The molecule has 1 saturated heterocycles. The second-order valence-electron chi connectivity index (χ2n) is 6.93. The maximum Gasteiger partial charge on any atom is 0.410 e. The molecule has 1 aliphatic rings. The van der Waals surface area contributed by atoms with Crippen molar-refractivity contribution in [2.75, 3.05) is 13.1 Å². The Labute approximate surface area is 136 Å². The maximum absolute atomic E-state index is 12.1. The number of carbonyl (C=O) groups is 2. The summed E-state index contributed by atoms with van der Waals surface area (Å²) in [5.41, 5.74) is 1.18. The second kappa shape index (κ2) is 6.56. The summed E-state index contributed by atoms with van der Waals surface area (Å²) in [6.45, 7) is 8.47. The quantitative estimate of drug-likeness (QED) is 0.905. The van der Waals surface area contributed by atoms with Crippen LogP contribution in [0.3, 0.4) is 0 Å². The van der Waals surface area contributed by atoms with Crippen molar-refractivity contribution in [3.8, 4) is 0 Å². The van der Waals surface area contributed by atoms with Gasteiger partial charge in [0.15, 0.2) is 0 Å². The summed E-state index contributed by atoms with van der Waals surface area (Å²) in [6, 6.07) is 3.32. The van der Waals surface area contributed by atoms with Crippen molar-refractivity contribution in [2.45, 2.75) is 52.1 Å². The lowest BCUT2D eigenvalue weighted by molar-refractivity contribution is 0.0203. The molecule has 0 radical (unpaired) electrons. The number of nitrogens with zero attached hydrogens (tertiary/aromatic N) is 2. The highest BCUT2D eigenvalue weighted by Gasteiger charge is 2.30. The fourth-order valence-corrected chi connectivity index (χ4v) is 2.73. The number of hydrogen-bond acceptors (Lipinski definition) is 4. The lowest BCUT2D eigenvalue weighted by Crippen LogP contribution is -2.41. The predicted octanol–water partition coefficient (Wildman–Crippen LogP) is 3.20. The van der Waals surface area contributed by atoms with Crippen molar-refractivity contribution in [3.05, 3.63) is 29.1 Å². The summed E-state index contributed by atoms with van der Waals surface area (Å²) in [7, 11) is 0. The van der Waals surface area contributed by atoms with E-state index in [-0.39, 0.29) is 17.6 Å². The molecule has 0 bridgehead atoms. The first kappa shape index (κ1) is 17.2. The summed E-state index contributed by atoms with van der Waals surface area (Å²) < 4.78 is 5.38. The zero-order valence-electron chi connectivity index (χ0n) is 14.1. The van der Waals surface area contributed by atoms with E-state index < -0.39 is 11.6 Å². The smallest absolute Gasteiger partial charge is 0.410 e. The molecule has 1 aromatic heterocycles. The first-order chi connectivity index (χ1) is 10.7. The van der Waals surface area contributed by atoms with E-state index in [4.69, 9.17) is 4.74 Å². The largest absolute Gasteiger partial charge is 0.478 e. The zero-order chi connectivity index (χ0) is 17.2. The maximum atomic E-state index is 12.1. The van der Waals surface area contributed by atoms with Gasteiger partial charge in [0.1, 0.15) is 5.60 Å². The number of carboxylic acid groups (broad SMARTS) is 1. The first-order valence-corrected chi connectivity index (χ1v) is 7.86. The van der Waals surface area contributed by atoms with Crippen molar-refractivity contribution in [2.24, 2.45) is 0 Å². The van der Waals surface area contributed by atoms with Gasteiger partial charge < -0.3 is 14.7 Å². The highest BCUT2D eigenvalue weighted by molar-refractivity contribution is 5.89. The highest BCUT2D eigenvalue weighted by atomic mass is 16.6. The van der Waals surface area contributed by atoms with Gasteiger partial charge in [-0.2, -0.15) is 0 Å². The van der Waals surface area contributed by atoms with Crippen LogP contribution in [0.4, 0.5) is 4.79 Å². The Morgan fingerprint density at radius 1 is 1.26 bits per heavy atom. The van der Waals surface area contributed by atoms with E-state index in [2.05, 4.69) is 4.98 Å². The molecule has 1 aliphatic heterocycles. The molecule has 1 N–H and O–H groups in total. The van der Waals surface area contributed by atoms with Crippen LogP contribution in [0.1, 0.15) is 61.3 Å². The first-order valence-electron chi connectivity index (χ1n) is 7.86. The summed E-state index contributed by atoms with van der Waals surface area (Å²) in [6.07, 6.45) is 1.07. The van der Waals surface area contributed by atoms with Crippen molar-refractivity contribution in [3.63, 3.8) is 0 Å². The van der Waals surface area contributed by atoms with E-state index in [0.29, 0.717) is 31.6 Å². The van der Waals surface area contributed by atoms with Crippen molar-refractivity contribution in [1.29, 1.82) is 0 Å². The summed E-state index contributed by atoms with van der Waals surface area (Å²) in [4.78, 5) is 29.6.